The van der Waals surface area contributed by atoms with E-state index in [1.807, 2.05) is 0 Å². The SMILES string of the molecule is C1CCC1.CC1C(N)=NC(c2cc(N)ccc2F)CS1=O. The number of benzene rings is 1. The molecule has 116 valence electrons. The van der Waals surface area contributed by atoms with E-state index in [4.69, 9.17) is 11.5 Å². The van der Waals surface area contributed by atoms with Gasteiger partial charge in [-0.2, -0.15) is 0 Å². The molecule has 0 spiro atoms. The predicted octanol–water partition coefficient (Wildman–Crippen LogP) is 2.52. The first kappa shape index (κ1) is 15.9. The monoisotopic (exact) mass is 311 g/mol. The van der Waals surface area contributed by atoms with Crippen LogP contribution in [0.4, 0.5) is 10.1 Å². The first-order valence-corrected chi connectivity index (χ1v) is 8.62. The van der Waals surface area contributed by atoms with Gasteiger partial charge in [0.05, 0.1) is 17.0 Å². The number of hydrogen-bond acceptors (Lipinski definition) is 4. The zero-order valence-corrected chi connectivity index (χ0v) is 13.0. The van der Waals surface area contributed by atoms with Gasteiger partial charge >= 0.3 is 0 Å². The molecule has 1 heterocycles. The van der Waals surface area contributed by atoms with E-state index in [-0.39, 0.29) is 11.0 Å². The Kier molecular flexibility index (Phi) is 5.33. The predicted molar refractivity (Wildman–Crippen MR) is 86.1 cm³/mol. The van der Waals surface area contributed by atoms with E-state index >= 15 is 0 Å². The van der Waals surface area contributed by atoms with Gasteiger partial charge in [0, 0.05) is 22.1 Å². The summed E-state index contributed by atoms with van der Waals surface area (Å²) in [6.45, 7) is 1.75. The molecule has 4 nitrogen and oxygen atoms in total. The first-order valence-electron chi connectivity index (χ1n) is 7.24. The van der Waals surface area contributed by atoms with Crippen LogP contribution in [0.5, 0.6) is 0 Å². The maximum absolute atomic E-state index is 13.6. The van der Waals surface area contributed by atoms with Gasteiger partial charge in [0.2, 0.25) is 0 Å². The Morgan fingerprint density at radius 1 is 1.24 bits per heavy atom. The van der Waals surface area contributed by atoms with E-state index < -0.39 is 22.7 Å². The van der Waals surface area contributed by atoms with Crippen molar-refractivity contribution in [3.05, 3.63) is 29.6 Å². The molecule has 0 saturated heterocycles. The number of hydrogen-bond donors (Lipinski definition) is 2. The molecule has 21 heavy (non-hydrogen) atoms. The quantitative estimate of drug-likeness (QED) is 0.782. The molecule has 1 aliphatic heterocycles. The fourth-order valence-electron chi connectivity index (χ4n) is 1.98. The Labute approximate surface area is 127 Å². The van der Waals surface area contributed by atoms with Crippen molar-refractivity contribution >= 4 is 22.3 Å². The highest BCUT2D eigenvalue weighted by molar-refractivity contribution is 7.86. The van der Waals surface area contributed by atoms with E-state index in [0.29, 0.717) is 17.1 Å². The summed E-state index contributed by atoms with van der Waals surface area (Å²) in [5.41, 5.74) is 12.1. The summed E-state index contributed by atoms with van der Waals surface area (Å²) in [4.78, 5) is 4.19. The molecular weight excluding hydrogens is 289 g/mol. The summed E-state index contributed by atoms with van der Waals surface area (Å²) < 4.78 is 25.4. The smallest absolute Gasteiger partial charge is 0.128 e. The molecule has 1 aliphatic carbocycles. The lowest BCUT2D eigenvalue weighted by atomic mass is 10.0. The Bertz CT molecular complexity index is 554. The van der Waals surface area contributed by atoms with Gasteiger partial charge in [-0.05, 0) is 25.1 Å². The number of amidine groups is 1. The molecule has 3 unspecified atom stereocenters. The molecule has 0 radical (unpaired) electrons. The molecule has 1 saturated carbocycles. The van der Waals surface area contributed by atoms with Crippen molar-refractivity contribution in [3.63, 3.8) is 0 Å². The lowest BCUT2D eigenvalue weighted by Crippen LogP contribution is -2.37. The second-order valence-electron chi connectivity index (χ2n) is 5.45. The summed E-state index contributed by atoms with van der Waals surface area (Å²) in [6.07, 6.45) is 6.00. The number of anilines is 1. The topological polar surface area (TPSA) is 81.5 Å². The van der Waals surface area contributed by atoms with E-state index in [1.165, 1.54) is 43.9 Å². The standard InChI is InChI=1S/C11H14FN3OS.C4H8/c1-6-11(14)15-10(5-17(6)16)8-4-7(13)2-3-9(8)12;1-2-4-3-1/h2-4,6,10H,5,13H2,1H3,(H2,14,15);1-4H2. The molecule has 0 amide bonds. The summed E-state index contributed by atoms with van der Waals surface area (Å²) in [5.74, 6) is 0.191. The van der Waals surface area contributed by atoms with E-state index in [9.17, 15) is 8.60 Å². The van der Waals surface area contributed by atoms with Crippen molar-refractivity contribution in [2.45, 2.75) is 43.9 Å². The van der Waals surface area contributed by atoms with Crippen LogP contribution < -0.4 is 11.5 Å². The minimum atomic E-state index is -1.12. The Balaban J connectivity index is 0.000000347. The molecule has 1 aromatic carbocycles. The zero-order chi connectivity index (χ0) is 15.4. The third kappa shape index (κ3) is 4.03. The van der Waals surface area contributed by atoms with Crippen LogP contribution in [0.1, 0.15) is 44.2 Å². The van der Waals surface area contributed by atoms with Crippen LogP contribution in [0.15, 0.2) is 23.2 Å². The average Bonchev–Trinajstić information content (AvgIpc) is 2.36. The molecule has 1 fully saturated rings. The van der Waals surface area contributed by atoms with Crippen molar-refractivity contribution in [3.8, 4) is 0 Å². The molecule has 3 rings (SSSR count). The second-order valence-corrected chi connectivity index (χ2v) is 7.26. The molecule has 4 N–H and O–H groups in total. The van der Waals surface area contributed by atoms with E-state index in [2.05, 4.69) is 4.99 Å². The lowest BCUT2D eigenvalue weighted by molar-refractivity contribution is 0.504. The number of nitrogens with zero attached hydrogens (tertiary/aromatic N) is 1. The van der Waals surface area contributed by atoms with Gasteiger partial charge in [0.25, 0.3) is 0 Å². The van der Waals surface area contributed by atoms with Crippen LogP contribution in [-0.4, -0.2) is 21.0 Å². The molecule has 6 heteroatoms. The van der Waals surface area contributed by atoms with Crippen molar-refractivity contribution in [1.29, 1.82) is 0 Å². The van der Waals surface area contributed by atoms with Gasteiger partial charge in [0.15, 0.2) is 0 Å². The van der Waals surface area contributed by atoms with Crippen molar-refractivity contribution in [2.75, 3.05) is 11.5 Å². The Hall–Kier alpha value is -1.43. The molecule has 0 aromatic heterocycles. The minimum absolute atomic E-state index is 0.268. The largest absolute Gasteiger partial charge is 0.399 e. The summed E-state index contributed by atoms with van der Waals surface area (Å²) in [6, 6.07) is 3.78. The molecule has 2 aliphatic rings. The molecule has 1 aromatic rings. The summed E-state index contributed by atoms with van der Waals surface area (Å²) in [5, 5.41) is -0.268. The molecule has 0 bridgehead atoms. The van der Waals surface area contributed by atoms with Gasteiger partial charge < -0.3 is 11.5 Å². The lowest BCUT2D eigenvalue weighted by Gasteiger charge is -2.23. The van der Waals surface area contributed by atoms with Crippen molar-refractivity contribution in [2.24, 2.45) is 10.7 Å². The molecule has 3 atom stereocenters. The fourth-order valence-corrected chi connectivity index (χ4v) is 3.17. The number of halogens is 1. The van der Waals surface area contributed by atoms with E-state index in [0.717, 1.165) is 0 Å². The number of nitrogen functional groups attached to an aromatic ring is 1. The normalized spacial score (nSPS) is 27.9. The van der Waals surface area contributed by atoms with Crippen molar-refractivity contribution < 1.29 is 8.60 Å². The minimum Gasteiger partial charge on any atom is -0.399 e. The number of rotatable bonds is 1. The van der Waals surface area contributed by atoms with Gasteiger partial charge in [-0.3, -0.25) is 9.20 Å². The van der Waals surface area contributed by atoms with E-state index in [1.54, 1.807) is 6.92 Å². The van der Waals surface area contributed by atoms with Crippen LogP contribution in [0.25, 0.3) is 0 Å². The van der Waals surface area contributed by atoms with Crippen LogP contribution in [0.2, 0.25) is 0 Å². The van der Waals surface area contributed by atoms with Crippen LogP contribution >= 0.6 is 0 Å². The van der Waals surface area contributed by atoms with Crippen molar-refractivity contribution in [1.82, 2.24) is 0 Å². The van der Waals surface area contributed by atoms with Crippen LogP contribution in [0.3, 0.4) is 0 Å². The Morgan fingerprint density at radius 3 is 2.38 bits per heavy atom. The third-order valence-corrected chi connectivity index (χ3v) is 5.49. The molecular formula is C15H22FN3OS. The number of nitrogens with two attached hydrogens (primary N) is 2. The van der Waals surface area contributed by atoms with Gasteiger partial charge in [-0.15, -0.1) is 0 Å². The third-order valence-electron chi connectivity index (χ3n) is 3.82. The first-order chi connectivity index (χ1) is 9.99. The second kappa shape index (κ2) is 7.02. The zero-order valence-electron chi connectivity index (χ0n) is 12.2. The maximum Gasteiger partial charge on any atom is 0.128 e. The number of aliphatic imine (C=N–C) groups is 1. The fraction of sp³-hybridized carbons (Fsp3) is 0.533. The van der Waals surface area contributed by atoms with Crippen LogP contribution in [0, 0.1) is 5.82 Å². The highest BCUT2D eigenvalue weighted by Gasteiger charge is 2.28. The van der Waals surface area contributed by atoms with Gasteiger partial charge in [0.1, 0.15) is 11.7 Å². The van der Waals surface area contributed by atoms with Gasteiger partial charge in [-0.1, -0.05) is 25.7 Å². The van der Waals surface area contributed by atoms with Gasteiger partial charge in [-0.25, -0.2) is 4.39 Å². The summed E-state index contributed by atoms with van der Waals surface area (Å²) >= 11 is 0. The Morgan fingerprint density at radius 2 is 1.86 bits per heavy atom. The summed E-state index contributed by atoms with van der Waals surface area (Å²) in [7, 11) is -1.12. The maximum atomic E-state index is 13.6. The average molecular weight is 311 g/mol. The van der Waals surface area contributed by atoms with Crippen LogP contribution in [-0.2, 0) is 10.8 Å². The highest BCUT2D eigenvalue weighted by atomic mass is 32.2. The highest BCUT2D eigenvalue weighted by Crippen LogP contribution is 2.27.